The van der Waals surface area contributed by atoms with Crippen LogP contribution in [0.3, 0.4) is 0 Å². The van der Waals surface area contributed by atoms with Gasteiger partial charge in [-0.25, -0.2) is 0 Å². The summed E-state index contributed by atoms with van der Waals surface area (Å²) in [6, 6.07) is 3.39. The molecule has 0 atom stereocenters. The fourth-order valence-electron chi connectivity index (χ4n) is 0.964. The van der Waals surface area contributed by atoms with Crippen LogP contribution in [-0.4, -0.2) is 19.5 Å². The van der Waals surface area contributed by atoms with Gasteiger partial charge in [0.05, 0.1) is 0 Å². The molecule has 0 aliphatic rings. The first-order chi connectivity index (χ1) is 6.19. The van der Waals surface area contributed by atoms with Crippen LogP contribution < -0.4 is 5.73 Å². The summed E-state index contributed by atoms with van der Waals surface area (Å²) in [5, 5.41) is 0. The van der Waals surface area contributed by atoms with Crippen LogP contribution in [-0.2, 0) is 0 Å². The van der Waals surface area contributed by atoms with Crippen LogP contribution in [0, 0.1) is 0 Å². The first-order valence-electron chi connectivity index (χ1n) is 3.65. The molecule has 1 aromatic rings. The average Bonchev–Trinajstić information content (AvgIpc) is 2.11. The molecule has 4 heteroatoms. The molecule has 68 valence electrons. The van der Waals surface area contributed by atoms with Crippen LogP contribution >= 0.6 is 15.9 Å². The second kappa shape index (κ2) is 4.18. The number of anilines is 1. The molecule has 0 fully saturated rings. The van der Waals surface area contributed by atoms with Crippen molar-refractivity contribution in [1.82, 2.24) is 0 Å². The summed E-state index contributed by atoms with van der Waals surface area (Å²) in [4.78, 5) is 14.4. The summed E-state index contributed by atoms with van der Waals surface area (Å²) in [5.74, 6) is 0. The highest BCUT2D eigenvalue weighted by molar-refractivity contribution is 9.10. The summed E-state index contributed by atoms with van der Waals surface area (Å²) in [7, 11) is 1.67. The Morgan fingerprint density at radius 1 is 1.46 bits per heavy atom. The Morgan fingerprint density at radius 2 is 2.15 bits per heavy atom. The number of halogens is 1. The van der Waals surface area contributed by atoms with Crippen molar-refractivity contribution in [2.24, 2.45) is 4.99 Å². The van der Waals surface area contributed by atoms with E-state index in [1.807, 2.05) is 0 Å². The van der Waals surface area contributed by atoms with E-state index in [-0.39, 0.29) is 0 Å². The molecule has 13 heavy (non-hydrogen) atoms. The number of hydrogen-bond donors (Lipinski definition) is 1. The van der Waals surface area contributed by atoms with E-state index >= 15 is 0 Å². The van der Waals surface area contributed by atoms with Gasteiger partial charge in [-0.1, -0.05) is 15.9 Å². The molecule has 1 rings (SSSR count). The normalized spacial score (nSPS) is 10.6. The number of aldehydes is 1. The van der Waals surface area contributed by atoms with Crippen LogP contribution in [0.1, 0.15) is 15.9 Å². The van der Waals surface area contributed by atoms with Gasteiger partial charge in [-0.05, 0) is 12.1 Å². The van der Waals surface area contributed by atoms with Crippen molar-refractivity contribution in [1.29, 1.82) is 0 Å². The quantitative estimate of drug-likeness (QED) is 0.488. The molecule has 0 heterocycles. The van der Waals surface area contributed by atoms with Crippen molar-refractivity contribution in [3.05, 3.63) is 27.7 Å². The lowest BCUT2D eigenvalue weighted by molar-refractivity contribution is 0.112. The van der Waals surface area contributed by atoms with Crippen LogP contribution in [0.5, 0.6) is 0 Å². The molecule has 0 radical (unpaired) electrons. The fraction of sp³-hybridized carbons (Fsp3) is 0.111. The molecular weight excluding hydrogens is 232 g/mol. The molecule has 0 amide bonds. The molecule has 0 aliphatic carbocycles. The molecule has 0 bridgehead atoms. The second-order valence-electron chi connectivity index (χ2n) is 2.51. The van der Waals surface area contributed by atoms with Crippen molar-refractivity contribution < 1.29 is 4.79 Å². The standard InChI is InChI=1S/C9H9BrN2O/c1-12-4-6-2-8(10)7(5-13)3-9(6)11/h2-5H,11H2,1H3. The molecule has 0 saturated carbocycles. The maximum atomic E-state index is 10.5. The Labute approximate surface area is 84.8 Å². The number of carbonyl (C=O) groups is 1. The highest BCUT2D eigenvalue weighted by Gasteiger charge is 2.03. The summed E-state index contributed by atoms with van der Waals surface area (Å²) in [6.45, 7) is 0. The fourth-order valence-corrected chi connectivity index (χ4v) is 1.42. The highest BCUT2D eigenvalue weighted by Crippen LogP contribution is 2.21. The summed E-state index contributed by atoms with van der Waals surface area (Å²) >= 11 is 3.26. The highest BCUT2D eigenvalue weighted by atomic mass is 79.9. The Hall–Kier alpha value is -1.16. The molecule has 0 aromatic heterocycles. The Kier molecular flexibility index (Phi) is 3.19. The van der Waals surface area contributed by atoms with Crippen molar-refractivity contribution in [3.8, 4) is 0 Å². The van der Waals surface area contributed by atoms with Gasteiger partial charge in [-0.15, -0.1) is 0 Å². The molecule has 0 saturated heterocycles. The first kappa shape index (κ1) is 9.92. The van der Waals surface area contributed by atoms with Crippen LogP contribution in [0.15, 0.2) is 21.6 Å². The second-order valence-corrected chi connectivity index (χ2v) is 3.36. The molecule has 0 unspecified atom stereocenters. The maximum Gasteiger partial charge on any atom is 0.151 e. The number of rotatable bonds is 2. The average molecular weight is 241 g/mol. The number of nitrogens with zero attached hydrogens (tertiary/aromatic N) is 1. The van der Waals surface area contributed by atoms with Gasteiger partial charge in [0.15, 0.2) is 6.29 Å². The smallest absolute Gasteiger partial charge is 0.151 e. The van der Waals surface area contributed by atoms with E-state index in [0.29, 0.717) is 11.3 Å². The Morgan fingerprint density at radius 3 is 2.69 bits per heavy atom. The van der Waals surface area contributed by atoms with Gasteiger partial charge in [-0.2, -0.15) is 0 Å². The largest absolute Gasteiger partial charge is 0.398 e. The zero-order chi connectivity index (χ0) is 9.84. The Balaban J connectivity index is 3.27. The third-order valence-electron chi connectivity index (χ3n) is 1.60. The molecular formula is C9H9BrN2O. The zero-order valence-electron chi connectivity index (χ0n) is 7.12. The number of aliphatic imine (C=N–C) groups is 1. The van der Waals surface area contributed by atoms with Gasteiger partial charge in [0.1, 0.15) is 0 Å². The SMILES string of the molecule is CN=Cc1cc(Br)c(C=O)cc1N. The first-order valence-corrected chi connectivity index (χ1v) is 4.44. The number of carbonyl (C=O) groups excluding carboxylic acids is 1. The van der Waals surface area contributed by atoms with Crippen LogP contribution in [0.25, 0.3) is 0 Å². The van der Waals surface area contributed by atoms with E-state index in [0.717, 1.165) is 16.3 Å². The van der Waals surface area contributed by atoms with Crippen molar-refractivity contribution in [2.45, 2.75) is 0 Å². The van der Waals surface area contributed by atoms with E-state index in [1.54, 1.807) is 25.4 Å². The van der Waals surface area contributed by atoms with Crippen LogP contribution in [0.4, 0.5) is 5.69 Å². The predicted octanol–water partition coefficient (Wildman–Crippen LogP) is 1.89. The molecule has 2 N–H and O–H groups in total. The van der Waals surface area contributed by atoms with Gasteiger partial charge in [0, 0.05) is 34.5 Å². The monoisotopic (exact) mass is 240 g/mol. The van der Waals surface area contributed by atoms with Gasteiger partial charge in [0.25, 0.3) is 0 Å². The third kappa shape index (κ3) is 2.15. The van der Waals surface area contributed by atoms with E-state index in [9.17, 15) is 4.79 Å². The number of nitrogens with two attached hydrogens (primary N) is 1. The zero-order valence-corrected chi connectivity index (χ0v) is 8.71. The predicted molar refractivity (Wildman–Crippen MR) is 57.5 cm³/mol. The van der Waals surface area contributed by atoms with Crippen molar-refractivity contribution in [2.75, 3.05) is 12.8 Å². The summed E-state index contributed by atoms with van der Waals surface area (Å²) in [5.41, 5.74) is 7.59. The lowest BCUT2D eigenvalue weighted by atomic mass is 10.1. The van der Waals surface area contributed by atoms with E-state index in [2.05, 4.69) is 20.9 Å². The van der Waals surface area contributed by atoms with Crippen molar-refractivity contribution in [3.63, 3.8) is 0 Å². The lowest BCUT2D eigenvalue weighted by Gasteiger charge is -2.02. The van der Waals surface area contributed by atoms with E-state index < -0.39 is 0 Å². The lowest BCUT2D eigenvalue weighted by Crippen LogP contribution is -1.96. The van der Waals surface area contributed by atoms with Crippen molar-refractivity contribution >= 4 is 34.1 Å². The maximum absolute atomic E-state index is 10.5. The van der Waals surface area contributed by atoms with Gasteiger partial charge in [0.2, 0.25) is 0 Å². The minimum absolute atomic E-state index is 0.547. The minimum Gasteiger partial charge on any atom is -0.398 e. The van der Waals surface area contributed by atoms with Gasteiger partial charge >= 0.3 is 0 Å². The molecule has 0 aliphatic heterocycles. The van der Waals surface area contributed by atoms with Crippen LogP contribution in [0.2, 0.25) is 0 Å². The van der Waals surface area contributed by atoms with E-state index in [1.165, 1.54) is 0 Å². The Bertz CT molecular complexity index is 361. The van der Waals surface area contributed by atoms with Gasteiger partial charge < -0.3 is 5.73 Å². The number of benzene rings is 1. The van der Waals surface area contributed by atoms with Gasteiger partial charge in [-0.3, -0.25) is 9.79 Å². The number of hydrogen-bond acceptors (Lipinski definition) is 3. The van der Waals surface area contributed by atoms with E-state index in [4.69, 9.17) is 5.73 Å². The molecule has 0 spiro atoms. The third-order valence-corrected chi connectivity index (χ3v) is 2.28. The minimum atomic E-state index is 0.547. The molecule has 1 aromatic carbocycles. The summed E-state index contributed by atoms with van der Waals surface area (Å²) < 4.78 is 0.728. The summed E-state index contributed by atoms with van der Waals surface area (Å²) in [6.07, 6.45) is 2.40. The topological polar surface area (TPSA) is 55.5 Å². The number of nitrogen functional groups attached to an aromatic ring is 1. The molecule has 3 nitrogen and oxygen atoms in total.